The lowest BCUT2D eigenvalue weighted by molar-refractivity contribution is -0.150. The van der Waals surface area contributed by atoms with E-state index in [1.54, 1.807) is 11.8 Å². The molecule has 0 aliphatic carbocycles. The summed E-state index contributed by atoms with van der Waals surface area (Å²) in [5.41, 5.74) is 7.33. The molecule has 0 aliphatic rings. The molecule has 0 amide bonds. The number of hydrogen-bond acceptors (Lipinski definition) is 6. The summed E-state index contributed by atoms with van der Waals surface area (Å²) < 4.78 is 0. The summed E-state index contributed by atoms with van der Waals surface area (Å²) in [5, 5.41) is 0. The highest BCUT2D eigenvalue weighted by Crippen LogP contribution is 2.03. The summed E-state index contributed by atoms with van der Waals surface area (Å²) in [6, 6.07) is 0.165. The average molecular weight is 193 g/mol. The predicted octanol–water partition coefficient (Wildman–Crippen LogP) is -0.622. The molecule has 0 aliphatic heterocycles. The zero-order valence-electron chi connectivity index (χ0n) is 7.08. The first-order chi connectivity index (χ1) is 5.66. The monoisotopic (exact) mass is 193 g/mol. The smallest absolute Gasteiger partial charge is 0.327 e. The van der Waals surface area contributed by atoms with Crippen LogP contribution in [0.25, 0.3) is 0 Å². The molecular weight excluding hydrogens is 178 g/mol. The molecule has 0 saturated heterocycles. The van der Waals surface area contributed by atoms with Crippen LogP contribution in [0, 0.1) is 0 Å². The van der Waals surface area contributed by atoms with Gasteiger partial charge in [-0.05, 0) is 6.92 Å². The average Bonchev–Trinajstić information content (AvgIpc) is 1.98. The van der Waals surface area contributed by atoms with Gasteiger partial charge in [0.25, 0.3) is 0 Å². The number of thioether (sulfide) groups is 1. The Kier molecular flexibility index (Phi) is 7.17. The Bertz CT molecular complexity index is 132. The van der Waals surface area contributed by atoms with E-state index in [1.807, 2.05) is 12.5 Å². The van der Waals surface area contributed by atoms with Crippen molar-refractivity contribution in [3.05, 3.63) is 0 Å². The molecule has 1 unspecified atom stereocenters. The van der Waals surface area contributed by atoms with Crippen molar-refractivity contribution < 1.29 is 9.63 Å². The molecule has 0 fully saturated rings. The molecule has 0 aromatic carbocycles. The van der Waals surface area contributed by atoms with E-state index in [9.17, 15) is 4.79 Å². The van der Waals surface area contributed by atoms with Crippen LogP contribution in [0.4, 0.5) is 0 Å². The minimum atomic E-state index is -0.352. The van der Waals surface area contributed by atoms with Gasteiger partial charge in [-0.25, -0.2) is 5.84 Å². The quantitative estimate of drug-likeness (QED) is 0.296. The van der Waals surface area contributed by atoms with Gasteiger partial charge < -0.3 is 10.6 Å². The Morgan fingerprint density at radius 3 is 2.92 bits per heavy atom. The lowest BCUT2D eigenvalue weighted by Gasteiger charge is -2.03. The zero-order chi connectivity index (χ0) is 9.40. The molecule has 72 valence electrons. The molecule has 0 bridgehead atoms. The van der Waals surface area contributed by atoms with E-state index in [0.717, 1.165) is 5.75 Å². The summed E-state index contributed by atoms with van der Waals surface area (Å²) in [6.07, 6.45) is 0.349. The van der Waals surface area contributed by atoms with Crippen LogP contribution in [0.15, 0.2) is 0 Å². The number of nitrogens with one attached hydrogen (secondary N) is 1. The van der Waals surface area contributed by atoms with Crippen molar-refractivity contribution in [2.24, 2.45) is 11.6 Å². The maximum absolute atomic E-state index is 10.7. The largest absolute Gasteiger partial charge is 0.356 e. The molecule has 0 saturated carbocycles. The summed E-state index contributed by atoms with van der Waals surface area (Å²) in [6.45, 7) is 1.92. The van der Waals surface area contributed by atoms with Crippen LogP contribution in [-0.4, -0.2) is 23.5 Å². The van der Waals surface area contributed by atoms with E-state index < -0.39 is 0 Å². The molecule has 5 nitrogen and oxygen atoms in total. The van der Waals surface area contributed by atoms with E-state index in [-0.39, 0.29) is 12.0 Å². The SMILES string of the molecule is CC(N)CSCCC(=O)ONN. The van der Waals surface area contributed by atoms with Crippen molar-refractivity contribution in [1.29, 1.82) is 0 Å². The van der Waals surface area contributed by atoms with Crippen molar-refractivity contribution in [1.82, 2.24) is 5.59 Å². The summed E-state index contributed by atoms with van der Waals surface area (Å²) in [5.74, 6) is 5.97. The van der Waals surface area contributed by atoms with Crippen molar-refractivity contribution in [2.45, 2.75) is 19.4 Å². The molecule has 0 spiro atoms. The normalized spacial score (nSPS) is 12.6. The van der Waals surface area contributed by atoms with Gasteiger partial charge in [0.15, 0.2) is 0 Å². The van der Waals surface area contributed by atoms with E-state index in [4.69, 9.17) is 11.6 Å². The summed E-state index contributed by atoms with van der Waals surface area (Å²) in [7, 11) is 0. The molecule has 0 radical (unpaired) electrons. The van der Waals surface area contributed by atoms with Crippen molar-refractivity contribution in [3.63, 3.8) is 0 Å². The van der Waals surface area contributed by atoms with Crippen LogP contribution >= 0.6 is 11.8 Å². The summed E-state index contributed by atoms with van der Waals surface area (Å²) in [4.78, 5) is 15.0. The van der Waals surface area contributed by atoms with Gasteiger partial charge >= 0.3 is 5.97 Å². The fourth-order valence-electron chi connectivity index (χ4n) is 0.541. The minimum absolute atomic E-state index is 0.165. The zero-order valence-corrected chi connectivity index (χ0v) is 7.89. The van der Waals surface area contributed by atoms with Crippen LogP contribution in [0.3, 0.4) is 0 Å². The second kappa shape index (κ2) is 7.35. The van der Waals surface area contributed by atoms with E-state index in [0.29, 0.717) is 12.2 Å². The third kappa shape index (κ3) is 7.80. The van der Waals surface area contributed by atoms with Gasteiger partial charge in [-0.3, -0.25) is 4.79 Å². The van der Waals surface area contributed by atoms with Crippen molar-refractivity contribution in [2.75, 3.05) is 11.5 Å². The maximum Gasteiger partial charge on any atom is 0.327 e. The number of carbonyl (C=O) groups excluding carboxylic acids is 1. The van der Waals surface area contributed by atoms with E-state index in [1.165, 1.54) is 0 Å². The first-order valence-electron chi connectivity index (χ1n) is 3.65. The molecule has 1 atom stereocenters. The highest BCUT2D eigenvalue weighted by atomic mass is 32.2. The first-order valence-corrected chi connectivity index (χ1v) is 4.81. The summed E-state index contributed by atoms with van der Waals surface area (Å²) >= 11 is 1.62. The number of carbonyl (C=O) groups is 1. The Morgan fingerprint density at radius 1 is 1.75 bits per heavy atom. The fourth-order valence-corrected chi connectivity index (χ4v) is 1.39. The number of hydrazine groups is 1. The van der Waals surface area contributed by atoms with Crippen LogP contribution in [0.1, 0.15) is 13.3 Å². The van der Waals surface area contributed by atoms with Gasteiger partial charge in [0, 0.05) is 17.5 Å². The number of nitrogens with two attached hydrogens (primary N) is 2. The Morgan fingerprint density at radius 2 is 2.42 bits per heavy atom. The number of rotatable bonds is 6. The second-order valence-electron chi connectivity index (χ2n) is 2.39. The van der Waals surface area contributed by atoms with Gasteiger partial charge in [0.1, 0.15) is 0 Å². The van der Waals surface area contributed by atoms with Crippen LogP contribution in [0.5, 0.6) is 0 Å². The number of hydrogen-bond donors (Lipinski definition) is 3. The molecule has 0 rings (SSSR count). The topological polar surface area (TPSA) is 90.4 Å². The highest BCUT2D eigenvalue weighted by Gasteiger charge is 2.02. The molecule has 0 heterocycles. The van der Waals surface area contributed by atoms with Crippen molar-refractivity contribution >= 4 is 17.7 Å². The molecule has 0 aromatic rings. The Hall–Kier alpha value is -0.300. The molecule has 0 aromatic heterocycles. The predicted molar refractivity (Wildman–Crippen MR) is 49.0 cm³/mol. The van der Waals surface area contributed by atoms with E-state index >= 15 is 0 Å². The van der Waals surface area contributed by atoms with Crippen LogP contribution in [0.2, 0.25) is 0 Å². The third-order valence-corrected chi connectivity index (χ3v) is 2.26. The third-order valence-electron chi connectivity index (χ3n) is 1.00. The first kappa shape index (κ1) is 11.7. The van der Waals surface area contributed by atoms with Gasteiger partial charge in [0.2, 0.25) is 0 Å². The lowest BCUT2D eigenvalue weighted by Crippen LogP contribution is -2.26. The standard InChI is InChI=1S/C6H15N3O2S/c1-5(7)4-12-3-2-6(10)11-9-8/h5,9H,2-4,7-8H2,1H3. The van der Waals surface area contributed by atoms with Gasteiger partial charge in [0.05, 0.1) is 6.42 Å². The Balaban J connectivity index is 3.14. The minimum Gasteiger partial charge on any atom is -0.356 e. The highest BCUT2D eigenvalue weighted by molar-refractivity contribution is 7.99. The molecule has 5 N–H and O–H groups in total. The van der Waals surface area contributed by atoms with Crippen LogP contribution in [-0.2, 0) is 9.63 Å². The van der Waals surface area contributed by atoms with Gasteiger partial charge in [-0.1, -0.05) is 5.59 Å². The maximum atomic E-state index is 10.7. The van der Waals surface area contributed by atoms with Gasteiger partial charge in [-0.2, -0.15) is 11.8 Å². The van der Waals surface area contributed by atoms with Crippen molar-refractivity contribution in [3.8, 4) is 0 Å². The molecule has 6 heteroatoms. The Labute approximate surface area is 76.1 Å². The lowest BCUT2D eigenvalue weighted by atomic mass is 10.4. The van der Waals surface area contributed by atoms with E-state index in [2.05, 4.69) is 4.84 Å². The van der Waals surface area contributed by atoms with Gasteiger partial charge in [-0.15, -0.1) is 0 Å². The molecule has 12 heavy (non-hydrogen) atoms. The fraction of sp³-hybridized carbons (Fsp3) is 0.833. The second-order valence-corrected chi connectivity index (χ2v) is 3.54. The molecular formula is C6H15N3O2S. The van der Waals surface area contributed by atoms with Crippen LogP contribution < -0.4 is 17.2 Å².